The Balaban J connectivity index is 1.37. The van der Waals surface area contributed by atoms with E-state index in [1.54, 1.807) is 24.3 Å². The number of halogens is 2. The fraction of sp³-hybridized carbons (Fsp3) is 0.452. The number of unbranched alkanes of at least 4 members (excludes halogenated alkanes) is 1. The Bertz CT molecular complexity index is 967. The Kier molecular flexibility index (Phi) is 12.4. The maximum atomic E-state index is 13.4. The van der Waals surface area contributed by atoms with E-state index in [1.165, 1.54) is 29.2 Å². The van der Waals surface area contributed by atoms with Gasteiger partial charge in [-0.25, -0.2) is 8.78 Å². The molecule has 1 aliphatic rings. The molecule has 2 aromatic carbocycles. The average molecular weight is 527 g/mol. The second-order valence-corrected chi connectivity index (χ2v) is 11.0. The predicted octanol–water partition coefficient (Wildman–Crippen LogP) is 7.40. The molecule has 0 spiro atoms. The molecule has 1 fully saturated rings. The van der Waals surface area contributed by atoms with Crippen molar-refractivity contribution in [1.82, 2.24) is 9.80 Å². The molecule has 0 saturated carbocycles. The van der Waals surface area contributed by atoms with Gasteiger partial charge in [-0.2, -0.15) is 0 Å². The summed E-state index contributed by atoms with van der Waals surface area (Å²) in [6.45, 7) is 8.77. The smallest absolute Gasteiger partial charge is 0.222 e. The van der Waals surface area contributed by atoms with Gasteiger partial charge in [-0.15, -0.1) is 11.8 Å². The van der Waals surface area contributed by atoms with E-state index in [0.717, 1.165) is 75.3 Å². The minimum atomic E-state index is -0.265. The number of rotatable bonds is 13. The molecule has 200 valence electrons. The van der Waals surface area contributed by atoms with Crippen LogP contribution in [0.2, 0.25) is 0 Å². The van der Waals surface area contributed by atoms with Gasteiger partial charge in [0, 0.05) is 38.5 Å². The summed E-state index contributed by atoms with van der Waals surface area (Å²) in [7, 11) is 0. The number of piperazine rings is 1. The molecule has 0 N–H and O–H groups in total. The zero-order valence-electron chi connectivity index (χ0n) is 22.2. The topological polar surface area (TPSA) is 23.6 Å². The molecular formula is C31H40F2N2OS. The summed E-state index contributed by atoms with van der Waals surface area (Å²) in [5.74, 6) is 0.882. The van der Waals surface area contributed by atoms with E-state index < -0.39 is 0 Å². The summed E-state index contributed by atoms with van der Waals surface area (Å²) in [6.07, 6.45) is 10.5. The van der Waals surface area contributed by atoms with Crippen LogP contribution < -0.4 is 0 Å². The quantitative estimate of drug-likeness (QED) is 0.201. The minimum absolute atomic E-state index is 0.0559. The Hall–Kier alpha value is -2.44. The zero-order chi connectivity index (χ0) is 26.5. The summed E-state index contributed by atoms with van der Waals surface area (Å²) < 4.78 is 26.9. The lowest BCUT2D eigenvalue weighted by atomic mass is 9.87. The molecule has 3 nitrogen and oxygen atoms in total. The van der Waals surface area contributed by atoms with Crippen LogP contribution in [0.15, 0.2) is 71.7 Å². The highest BCUT2D eigenvalue weighted by atomic mass is 32.2. The van der Waals surface area contributed by atoms with E-state index in [1.807, 2.05) is 29.7 Å². The summed E-state index contributed by atoms with van der Waals surface area (Å²) >= 11 is 1.91. The van der Waals surface area contributed by atoms with Crippen LogP contribution >= 0.6 is 11.8 Å². The van der Waals surface area contributed by atoms with Gasteiger partial charge < -0.3 is 4.90 Å². The molecule has 6 heteroatoms. The molecule has 1 heterocycles. The molecule has 0 atom stereocenters. The van der Waals surface area contributed by atoms with Gasteiger partial charge in [-0.05, 0) is 85.7 Å². The number of carbonyl (C=O) groups excluding carboxylic acids is 1. The van der Waals surface area contributed by atoms with Gasteiger partial charge in [-0.1, -0.05) is 48.9 Å². The summed E-state index contributed by atoms with van der Waals surface area (Å²) in [6, 6.07) is 13.1. The summed E-state index contributed by atoms with van der Waals surface area (Å²) in [5.41, 5.74) is 2.02. The van der Waals surface area contributed by atoms with E-state index in [0.29, 0.717) is 6.42 Å². The predicted molar refractivity (Wildman–Crippen MR) is 152 cm³/mol. The van der Waals surface area contributed by atoms with Gasteiger partial charge in [-0.3, -0.25) is 9.69 Å². The van der Waals surface area contributed by atoms with Crippen molar-refractivity contribution in [3.05, 3.63) is 94.4 Å². The van der Waals surface area contributed by atoms with Crippen molar-refractivity contribution in [1.29, 1.82) is 0 Å². The number of thioether (sulfide) groups is 1. The molecule has 0 bridgehead atoms. The van der Waals surface area contributed by atoms with Gasteiger partial charge in [0.15, 0.2) is 0 Å². The Morgan fingerprint density at radius 3 is 2.08 bits per heavy atom. The largest absolute Gasteiger partial charge is 0.340 e. The lowest BCUT2D eigenvalue weighted by Gasteiger charge is -2.34. The van der Waals surface area contributed by atoms with Gasteiger partial charge >= 0.3 is 0 Å². The lowest BCUT2D eigenvalue weighted by Crippen LogP contribution is -2.48. The monoisotopic (exact) mass is 526 g/mol. The van der Waals surface area contributed by atoms with Crippen LogP contribution in [0, 0.1) is 11.6 Å². The number of hydrogen-bond donors (Lipinski definition) is 0. The van der Waals surface area contributed by atoms with Crippen LogP contribution in [0.25, 0.3) is 0 Å². The van der Waals surface area contributed by atoms with Crippen molar-refractivity contribution in [2.24, 2.45) is 0 Å². The molecule has 1 amide bonds. The normalized spacial score (nSPS) is 15.2. The molecule has 3 rings (SSSR count). The Morgan fingerprint density at radius 2 is 1.51 bits per heavy atom. The summed E-state index contributed by atoms with van der Waals surface area (Å²) in [4.78, 5) is 18.6. The van der Waals surface area contributed by atoms with E-state index >= 15 is 0 Å². The van der Waals surface area contributed by atoms with Crippen LogP contribution in [0.1, 0.15) is 63.0 Å². The number of nitrogens with zero attached hydrogens (tertiary/aromatic N) is 2. The van der Waals surface area contributed by atoms with Crippen LogP contribution in [-0.4, -0.2) is 54.2 Å². The van der Waals surface area contributed by atoms with Crippen molar-refractivity contribution in [2.75, 3.05) is 38.5 Å². The lowest BCUT2D eigenvalue weighted by molar-refractivity contribution is -0.133. The third-order valence-electron chi connectivity index (χ3n) is 6.87. The first-order valence-corrected chi connectivity index (χ1v) is 14.4. The second kappa shape index (κ2) is 15.7. The van der Waals surface area contributed by atoms with Gasteiger partial charge in [0.05, 0.1) is 0 Å². The third-order valence-corrected chi connectivity index (χ3v) is 7.96. The SMILES string of the molecule is C/C=C\C=C(/C)SCCCN1CCN(C(=O)CCCCC(c2ccc(F)cc2)c2ccc(F)cc2)CC1. The molecule has 0 unspecified atom stereocenters. The van der Waals surface area contributed by atoms with Crippen molar-refractivity contribution in [3.63, 3.8) is 0 Å². The number of allylic oxidation sites excluding steroid dienone is 4. The van der Waals surface area contributed by atoms with Gasteiger partial charge in [0.25, 0.3) is 0 Å². The number of hydrogen-bond acceptors (Lipinski definition) is 3. The van der Waals surface area contributed by atoms with Crippen LogP contribution in [-0.2, 0) is 4.79 Å². The molecule has 1 aliphatic heterocycles. The highest BCUT2D eigenvalue weighted by Crippen LogP contribution is 2.30. The van der Waals surface area contributed by atoms with E-state index in [9.17, 15) is 13.6 Å². The maximum absolute atomic E-state index is 13.4. The zero-order valence-corrected chi connectivity index (χ0v) is 23.0. The highest BCUT2D eigenvalue weighted by Gasteiger charge is 2.21. The average Bonchev–Trinajstić information content (AvgIpc) is 2.91. The fourth-order valence-electron chi connectivity index (χ4n) is 4.72. The van der Waals surface area contributed by atoms with Crippen LogP contribution in [0.4, 0.5) is 8.78 Å². The van der Waals surface area contributed by atoms with Crippen LogP contribution in [0.5, 0.6) is 0 Å². The number of benzene rings is 2. The molecular weight excluding hydrogens is 486 g/mol. The first kappa shape index (κ1) is 29.1. The van der Waals surface area contributed by atoms with E-state index in [2.05, 4.69) is 24.0 Å². The Morgan fingerprint density at radius 1 is 0.919 bits per heavy atom. The molecule has 0 aliphatic carbocycles. The maximum Gasteiger partial charge on any atom is 0.222 e. The standard InChI is InChI=1S/C31H40F2N2OS/c1-3-4-8-25(2)37-24-7-19-34-20-22-35(23-21-34)31(36)10-6-5-9-30(26-11-15-28(32)16-12-26)27-13-17-29(33)18-14-27/h3-4,8,11-18,30H,5-7,9-10,19-24H2,1-2H3/b4-3-,25-8+. The Labute approximate surface area is 225 Å². The van der Waals surface area contributed by atoms with Gasteiger partial charge in [0.1, 0.15) is 11.6 Å². The third kappa shape index (κ3) is 10.1. The number of amides is 1. The molecule has 37 heavy (non-hydrogen) atoms. The highest BCUT2D eigenvalue weighted by molar-refractivity contribution is 8.03. The first-order valence-electron chi connectivity index (χ1n) is 13.4. The van der Waals surface area contributed by atoms with Crippen molar-refractivity contribution < 1.29 is 13.6 Å². The van der Waals surface area contributed by atoms with Gasteiger partial charge in [0.2, 0.25) is 5.91 Å². The number of carbonyl (C=O) groups is 1. The van der Waals surface area contributed by atoms with Crippen molar-refractivity contribution in [2.45, 2.75) is 51.9 Å². The van der Waals surface area contributed by atoms with E-state index in [4.69, 9.17) is 0 Å². The second-order valence-electron chi connectivity index (χ2n) is 9.63. The fourth-order valence-corrected chi connectivity index (χ4v) is 5.49. The van der Waals surface area contributed by atoms with E-state index in [-0.39, 0.29) is 23.5 Å². The van der Waals surface area contributed by atoms with Crippen molar-refractivity contribution in [3.8, 4) is 0 Å². The first-order chi connectivity index (χ1) is 18.0. The molecule has 0 radical (unpaired) electrons. The van der Waals surface area contributed by atoms with Crippen LogP contribution in [0.3, 0.4) is 0 Å². The van der Waals surface area contributed by atoms with Crippen molar-refractivity contribution >= 4 is 17.7 Å². The molecule has 2 aromatic rings. The summed E-state index contributed by atoms with van der Waals surface area (Å²) in [5, 5.41) is 0. The molecule has 0 aromatic heterocycles. The molecule has 1 saturated heterocycles. The minimum Gasteiger partial charge on any atom is -0.340 e.